The van der Waals surface area contributed by atoms with E-state index < -0.39 is 0 Å². The predicted molar refractivity (Wildman–Crippen MR) is 94.0 cm³/mol. The Morgan fingerprint density at radius 2 is 1.68 bits per heavy atom. The lowest BCUT2D eigenvalue weighted by Gasteiger charge is -2.09. The van der Waals surface area contributed by atoms with Gasteiger partial charge in [0, 0.05) is 16.3 Å². The third kappa shape index (κ3) is 3.59. The molecule has 1 aromatic heterocycles. The summed E-state index contributed by atoms with van der Waals surface area (Å²) >= 11 is 7.54. The van der Waals surface area contributed by atoms with Gasteiger partial charge in [0.1, 0.15) is 5.03 Å². The van der Waals surface area contributed by atoms with E-state index in [0.717, 1.165) is 22.0 Å². The summed E-state index contributed by atoms with van der Waals surface area (Å²) in [4.78, 5) is 9.10. The Kier molecular flexibility index (Phi) is 4.61. The van der Waals surface area contributed by atoms with Gasteiger partial charge in [-0.1, -0.05) is 41.9 Å². The molecule has 0 saturated heterocycles. The number of halogens is 1. The molecule has 110 valence electrons. The van der Waals surface area contributed by atoms with Crippen LogP contribution >= 0.6 is 23.4 Å². The van der Waals surface area contributed by atoms with Gasteiger partial charge in [0.15, 0.2) is 0 Å². The zero-order chi connectivity index (χ0) is 15.4. The van der Waals surface area contributed by atoms with E-state index in [4.69, 9.17) is 11.6 Å². The Labute approximate surface area is 138 Å². The summed E-state index contributed by atoms with van der Waals surface area (Å²) in [6.45, 7) is 0. The number of aromatic nitrogens is 2. The van der Waals surface area contributed by atoms with Crippen LogP contribution in [0.5, 0.6) is 0 Å². The first-order chi connectivity index (χ1) is 10.7. The van der Waals surface area contributed by atoms with Crippen molar-refractivity contribution in [2.45, 2.75) is 5.03 Å². The van der Waals surface area contributed by atoms with Crippen LogP contribution in [-0.2, 0) is 0 Å². The van der Waals surface area contributed by atoms with E-state index in [1.807, 2.05) is 66.9 Å². The summed E-state index contributed by atoms with van der Waals surface area (Å²) in [5.74, 6) is 0.586. The predicted octanol–water partition coefficient (Wildman–Crippen LogP) is 5.26. The molecule has 0 aliphatic rings. The van der Waals surface area contributed by atoms with Gasteiger partial charge in [-0.2, -0.15) is 0 Å². The molecule has 0 amide bonds. The average molecular weight is 328 g/mol. The molecule has 1 N–H and O–H groups in total. The maximum absolute atomic E-state index is 5.95. The highest BCUT2D eigenvalue weighted by atomic mass is 35.5. The Balaban J connectivity index is 1.97. The lowest BCUT2D eigenvalue weighted by atomic mass is 10.1. The number of nitrogens with one attached hydrogen (secondary N) is 1. The molecule has 0 radical (unpaired) electrons. The van der Waals surface area contributed by atoms with E-state index in [2.05, 4.69) is 15.3 Å². The van der Waals surface area contributed by atoms with Crippen LogP contribution in [-0.4, -0.2) is 16.2 Å². The van der Waals surface area contributed by atoms with Gasteiger partial charge in [0.2, 0.25) is 5.95 Å². The van der Waals surface area contributed by atoms with Gasteiger partial charge < -0.3 is 5.32 Å². The number of benzene rings is 2. The summed E-state index contributed by atoms with van der Waals surface area (Å²) in [6.07, 6.45) is 2.00. The Morgan fingerprint density at radius 3 is 2.36 bits per heavy atom. The zero-order valence-electron chi connectivity index (χ0n) is 12.0. The SMILES string of the molecule is CSc1cc(-c2ccc(Cl)cc2)nc(Nc2ccccc2)n1. The third-order valence-corrected chi connectivity index (χ3v) is 3.96. The van der Waals surface area contributed by atoms with Gasteiger partial charge in [-0.3, -0.25) is 0 Å². The first kappa shape index (κ1) is 14.9. The average Bonchev–Trinajstić information content (AvgIpc) is 2.56. The molecule has 3 aromatic rings. The number of thioether (sulfide) groups is 1. The highest BCUT2D eigenvalue weighted by molar-refractivity contribution is 7.98. The quantitative estimate of drug-likeness (QED) is 0.523. The largest absolute Gasteiger partial charge is 0.324 e. The number of hydrogen-bond donors (Lipinski definition) is 1. The first-order valence-corrected chi connectivity index (χ1v) is 8.36. The third-order valence-electron chi connectivity index (χ3n) is 3.08. The van der Waals surface area contributed by atoms with Crippen LogP contribution in [0.3, 0.4) is 0 Å². The second-order valence-corrected chi connectivity index (χ2v) is 5.88. The number of para-hydroxylation sites is 1. The normalized spacial score (nSPS) is 10.5. The van der Waals surface area contributed by atoms with Crippen LogP contribution in [0.1, 0.15) is 0 Å². The van der Waals surface area contributed by atoms with Crippen molar-refractivity contribution in [1.82, 2.24) is 9.97 Å². The first-order valence-electron chi connectivity index (χ1n) is 6.76. The summed E-state index contributed by atoms with van der Waals surface area (Å²) in [6, 6.07) is 19.5. The maximum Gasteiger partial charge on any atom is 0.228 e. The molecule has 0 saturated carbocycles. The van der Waals surface area contributed by atoms with E-state index in [0.29, 0.717) is 11.0 Å². The Hall–Kier alpha value is -2.04. The van der Waals surface area contributed by atoms with E-state index in [-0.39, 0.29) is 0 Å². The standard InChI is InChI=1S/C17H14ClN3S/c1-22-16-11-15(12-7-9-13(18)10-8-12)20-17(21-16)19-14-5-3-2-4-6-14/h2-11H,1H3,(H,19,20,21). The smallest absolute Gasteiger partial charge is 0.228 e. The topological polar surface area (TPSA) is 37.8 Å². The van der Waals surface area contributed by atoms with Crippen molar-refractivity contribution in [2.75, 3.05) is 11.6 Å². The van der Waals surface area contributed by atoms with Crippen molar-refractivity contribution in [1.29, 1.82) is 0 Å². The molecule has 0 aliphatic carbocycles. The fraction of sp³-hybridized carbons (Fsp3) is 0.0588. The monoisotopic (exact) mass is 327 g/mol. The van der Waals surface area contributed by atoms with Gasteiger partial charge in [0.05, 0.1) is 5.69 Å². The van der Waals surface area contributed by atoms with Crippen LogP contribution in [0.15, 0.2) is 65.7 Å². The molecule has 3 rings (SSSR count). The van der Waals surface area contributed by atoms with Crippen LogP contribution < -0.4 is 5.32 Å². The van der Waals surface area contributed by atoms with Gasteiger partial charge in [-0.15, -0.1) is 11.8 Å². The minimum absolute atomic E-state index is 0.586. The van der Waals surface area contributed by atoms with Crippen LogP contribution in [0.4, 0.5) is 11.6 Å². The second-order valence-electron chi connectivity index (χ2n) is 4.62. The molecule has 0 spiro atoms. The van der Waals surface area contributed by atoms with Crippen molar-refractivity contribution in [3.63, 3.8) is 0 Å². The highest BCUT2D eigenvalue weighted by Gasteiger charge is 2.07. The van der Waals surface area contributed by atoms with Crippen LogP contribution in [0, 0.1) is 0 Å². The maximum atomic E-state index is 5.95. The number of hydrogen-bond acceptors (Lipinski definition) is 4. The number of nitrogens with zero attached hydrogens (tertiary/aromatic N) is 2. The molecular formula is C17H14ClN3S. The van der Waals surface area contributed by atoms with Gasteiger partial charge in [-0.05, 0) is 36.6 Å². The van der Waals surface area contributed by atoms with E-state index in [1.165, 1.54) is 0 Å². The van der Waals surface area contributed by atoms with Gasteiger partial charge >= 0.3 is 0 Å². The molecule has 0 unspecified atom stereocenters. The van der Waals surface area contributed by atoms with Crippen molar-refractivity contribution in [3.8, 4) is 11.3 Å². The van der Waals surface area contributed by atoms with E-state index >= 15 is 0 Å². The molecule has 22 heavy (non-hydrogen) atoms. The Bertz CT molecular complexity index is 761. The molecule has 0 bridgehead atoms. The zero-order valence-corrected chi connectivity index (χ0v) is 13.5. The van der Waals surface area contributed by atoms with Gasteiger partial charge in [-0.25, -0.2) is 9.97 Å². The van der Waals surface area contributed by atoms with Crippen molar-refractivity contribution in [3.05, 3.63) is 65.7 Å². The second kappa shape index (κ2) is 6.81. The summed E-state index contributed by atoms with van der Waals surface area (Å²) in [5, 5.41) is 4.87. The van der Waals surface area contributed by atoms with Crippen molar-refractivity contribution >= 4 is 35.0 Å². The molecule has 0 aliphatic heterocycles. The van der Waals surface area contributed by atoms with Crippen LogP contribution in [0.2, 0.25) is 5.02 Å². The minimum Gasteiger partial charge on any atom is -0.324 e. The summed E-state index contributed by atoms with van der Waals surface area (Å²) in [7, 11) is 0. The van der Waals surface area contributed by atoms with Crippen LogP contribution in [0.25, 0.3) is 11.3 Å². The molecule has 5 heteroatoms. The number of anilines is 2. The number of rotatable bonds is 4. The lowest BCUT2D eigenvalue weighted by Crippen LogP contribution is -1.99. The fourth-order valence-electron chi connectivity index (χ4n) is 2.00. The van der Waals surface area contributed by atoms with Gasteiger partial charge in [0.25, 0.3) is 0 Å². The molecule has 0 atom stereocenters. The summed E-state index contributed by atoms with van der Waals surface area (Å²) in [5.41, 5.74) is 2.84. The molecule has 2 aromatic carbocycles. The fourth-order valence-corrected chi connectivity index (χ4v) is 2.54. The Morgan fingerprint density at radius 1 is 0.955 bits per heavy atom. The molecule has 3 nitrogen and oxygen atoms in total. The molecule has 1 heterocycles. The highest BCUT2D eigenvalue weighted by Crippen LogP contribution is 2.25. The van der Waals surface area contributed by atoms with E-state index in [1.54, 1.807) is 11.8 Å². The van der Waals surface area contributed by atoms with Crippen molar-refractivity contribution < 1.29 is 0 Å². The lowest BCUT2D eigenvalue weighted by molar-refractivity contribution is 1.06. The minimum atomic E-state index is 0.586. The van der Waals surface area contributed by atoms with E-state index in [9.17, 15) is 0 Å². The molecule has 0 fully saturated rings. The van der Waals surface area contributed by atoms with Crippen molar-refractivity contribution in [2.24, 2.45) is 0 Å². The molecular weight excluding hydrogens is 314 g/mol. The summed E-state index contributed by atoms with van der Waals surface area (Å²) < 4.78 is 0.